The van der Waals surface area contributed by atoms with Crippen molar-refractivity contribution < 1.29 is 13.9 Å². The van der Waals surface area contributed by atoms with Gasteiger partial charge < -0.3 is 9.47 Å². The van der Waals surface area contributed by atoms with Gasteiger partial charge in [-0.1, -0.05) is 44.7 Å². The highest BCUT2D eigenvalue weighted by Crippen LogP contribution is 2.40. The van der Waals surface area contributed by atoms with Crippen LogP contribution in [0.2, 0.25) is 0 Å². The van der Waals surface area contributed by atoms with Gasteiger partial charge in [-0.3, -0.25) is 0 Å². The molecule has 1 heterocycles. The lowest BCUT2D eigenvalue weighted by atomic mass is 9.74. The first kappa shape index (κ1) is 23.2. The van der Waals surface area contributed by atoms with E-state index in [2.05, 4.69) is 13.0 Å². The Bertz CT molecular complexity index is 666. The Morgan fingerprint density at radius 1 is 0.806 bits per heavy atom. The van der Waals surface area contributed by atoms with Gasteiger partial charge in [0, 0.05) is 11.8 Å². The SMILES string of the molecule is CCCC1CCC(C2COC(C3CCC(CCc4ccc(C)c(F)c4)CC3)OC2)CC1. The zero-order chi connectivity index (χ0) is 21.6. The number of benzene rings is 1. The van der Waals surface area contributed by atoms with Crippen LogP contribution >= 0.6 is 0 Å². The predicted octanol–water partition coefficient (Wildman–Crippen LogP) is 7.47. The zero-order valence-corrected chi connectivity index (χ0v) is 19.8. The Morgan fingerprint density at radius 3 is 2.03 bits per heavy atom. The molecule has 0 unspecified atom stereocenters. The molecule has 2 saturated carbocycles. The first-order valence-corrected chi connectivity index (χ1v) is 13.1. The summed E-state index contributed by atoms with van der Waals surface area (Å²) in [6.07, 6.45) is 15.5. The fourth-order valence-corrected chi connectivity index (χ4v) is 6.35. The quantitative estimate of drug-likeness (QED) is 0.447. The summed E-state index contributed by atoms with van der Waals surface area (Å²) in [5, 5.41) is 0. The number of halogens is 1. The molecule has 2 aliphatic carbocycles. The summed E-state index contributed by atoms with van der Waals surface area (Å²) in [5.74, 6) is 3.66. The highest BCUT2D eigenvalue weighted by Gasteiger charge is 2.35. The van der Waals surface area contributed by atoms with Crippen molar-refractivity contribution in [3.63, 3.8) is 0 Å². The maximum atomic E-state index is 13.8. The number of hydrogen-bond donors (Lipinski definition) is 0. The molecule has 2 nitrogen and oxygen atoms in total. The molecule has 31 heavy (non-hydrogen) atoms. The minimum absolute atomic E-state index is 0.0276. The molecule has 0 radical (unpaired) electrons. The van der Waals surface area contributed by atoms with Gasteiger partial charge in [-0.25, -0.2) is 4.39 Å². The van der Waals surface area contributed by atoms with Crippen LogP contribution in [-0.2, 0) is 15.9 Å². The molecule has 0 spiro atoms. The first-order valence-electron chi connectivity index (χ1n) is 13.1. The van der Waals surface area contributed by atoms with E-state index in [1.54, 1.807) is 6.07 Å². The summed E-state index contributed by atoms with van der Waals surface area (Å²) < 4.78 is 26.3. The monoisotopic (exact) mass is 430 g/mol. The predicted molar refractivity (Wildman–Crippen MR) is 124 cm³/mol. The normalized spacial score (nSPS) is 34.5. The van der Waals surface area contributed by atoms with Crippen LogP contribution in [0.15, 0.2) is 18.2 Å². The molecule has 3 fully saturated rings. The molecule has 0 bridgehead atoms. The Balaban J connectivity index is 1.14. The average Bonchev–Trinajstić information content (AvgIpc) is 2.81. The van der Waals surface area contributed by atoms with Crippen molar-refractivity contribution in [1.82, 2.24) is 0 Å². The van der Waals surface area contributed by atoms with Crippen molar-refractivity contribution >= 4 is 0 Å². The summed E-state index contributed by atoms with van der Waals surface area (Å²) in [5.41, 5.74) is 1.88. The Kier molecular flexibility index (Phi) is 8.45. The van der Waals surface area contributed by atoms with E-state index in [1.807, 2.05) is 13.0 Å². The van der Waals surface area contributed by atoms with Crippen molar-refractivity contribution in [2.75, 3.05) is 13.2 Å². The van der Waals surface area contributed by atoms with Gasteiger partial charge in [-0.2, -0.15) is 0 Å². The van der Waals surface area contributed by atoms with Crippen LogP contribution in [0.4, 0.5) is 4.39 Å². The Hall–Kier alpha value is -0.930. The van der Waals surface area contributed by atoms with Crippen molar-refractivity contribution in [1.29, 1.82) is 0 Å². The van der Waals surface area contributed by atoms with Crippen molar-refractivity contribution in [2.45, 2.75) is 97.2 Å². The van der Waals surface area contributed by atoms with E-state index in [9.17, 15) is 4.39 Å². The third-order valence-electron chi connectivity index (χ3n) is 8.56. The minimum atomic E-state index is -0.0693. The lowest BCUT2D eigenvalue weighted by Crippen LogP contribution is -2.41. The summed E-state index contributed by atoms with van der Waals surface area (Å²) in [6.45, 7) is 5.96. The Labute approximate surface area is 189 Å². The lowest BCUT2D eigenvalue weighted by molar-refractivity contribution is -0.237. The third-order valence-corrected chi connectivity index (χ3v) is 8.56. The molecule has 1 aliphatic heterocycles. The number of aryl methyl sites for hydroxylation is 2. The molecule has 174 valence electrons. The lowest BCUT2D eigenvalue weighted by Gasteiger charge is -2.41. The molecule has 3 heteroatoms. The van der Waals surface area contributed by atoms with E-state index < -0.39 is 0 Å². The van der Waals surface area contributed by atoms with Crippen molar-refractivity contribution in [3.8, 4) is 0 Å². The molecule has 0 N–H and O–H groups in total. The second kappa shape index (κ2) is 11.3. The summed E-state index contributed by atoms with van der Waals surface area (Å²) in [7, 11) is 0. The molecule has 4 rings (SSSR count). The fraction of sp³-hybridized carbons (Fsp3) is 0.786. The van der Waals surface area contributed by atoms with Crippen LogP contribution in [0.1, 0.15) is 88.7 Å². The molecule has 1 saturated heterocycles. The minimum Gasteiger partial charge on any atom is -0.352 e. The fourth-order valence-electron chi connectivity index (χ4n) is 6.35. The maximum absolute atomic E-state index is 13.8. The summed E-state index contributed by atoms with van der Waals surface area (Å²) in [6, 6.07) is 5.71. The van der Waals surface area contributed by atoms with Crippen molar-refractivity contribution in [2.24, 2.45) is 29.6 Å². The van der Waals surface area contributed by atoms with Crippen molar-refractivity contribution in [3.05, 3.63) is 35.1 Å². The average molecular weight is 431 g/mol. The zero-order valence-electron chi connectivity index (χ0n) is 19.8. The van der Waals surface area contributed by atoms with Gasteiger partial charge in [0.25, 0.3) is 0 Å². The van der Waals surface area contributed by atoms with Gasteiger partial charge in [-0.05, 0) is 93.2 Å². The number of hydrogen-bond acceptors (Lipinski definition) is 2. The highest BCUT2D eigenvalue weighted by atomic mass is 19.1. The smallest absolute Gasteiger partial charge is 0.160 e. The van der Waals surface area contributed by atoms with Crippen LogP contribution < -0.4 is 0 Å². The molecule has 0 aromatic heterocycles. The maximum Gasteiger partial charge on any atom is 0.160 e. The second-order valence-electron chi connectivity index (χ2n) is 10.8. The van der Waals surface area contributed by atoms with E-state index in [0.717, 1.165) is 48.5 Å². The van der Waals surface area contributed by atoms with Crippen LogP contribution in [0, 0.1) is 42.3 Å². The van der Waals surface area contributed by atoms with E-state index in [1.165, 1.54) is 70.6 Å². The molecule has 3 aliphatic rings. The summed E-state index contributed by atoms with van der Waals surface area (Å²) in [4.78, 5) is 0. The molecule has 0 amide bonds. The van der Waals surface area contributed by atoms with Gasteiger partial charge in [-0.15, -0.1) is 0 Å². The van der Waals surface area contributed by atoms with Crippen LogP contribution in [0.25, 0.3) is 0 Å². The van der Waals surface area contributed by atoms with Gasteiger partial charge in [0.05, 0.1) is 13.2 Å². The molecular weight excluding hydrogens is 387 g/mol. The van der Waals surface area contributed by atoms with Crippen LogP contribution in [0.5, 0.6) is 0 Å². The largest absolute Gasteiger partial charge is 0.352 e. The van der Waals surface area contributed by atoms with Crippen LogP contribution in [-0.4, -0.2) is 19.5 Å². The van der Waals surface area contributed by atoms with E-state index >= 15 is 0 Å². The van der Waals surface area contributed by atoms with Gasteiger partial charge in [0.2, 0.25) is 0 Å². The summed E-state index contributed by atoms with van der Waals surface area (Å²) >= 11 is 0. The Morgan fingerprint density at radius 2 is 1.42 bits per heavy atom. The van der Waals surface area contributed by atoms with E-state index in [4.69, 9.17) is 9.47 Å². The molecular formula is C28H43FO2. The highest BCUT2D eigenvalue weighted by molar-refractivity contribution is 5.23. The van der Waals surface area contributed by atoms with E-state index in [0.29, 0.717) is 11.8 Å². The topological polar surface area (TPSA) is 18.5 Å². The number of ether oxygens (including phenoxy) is 2. The van der Waals surface area contributed by atoms with Crippen LogP contribution in [0.3, 0.4) is 0 Å². The van der Waals surface area contributed by atoms with Gasteiger partial charge >= 0.3 is 0 Å². The first-order chi connectivity index (χ1) is 15.1. The molecule has 0 atom stereocenters. The number of rotatable bonds is 7. The third kappa shape index (κ3) is 6.32. The molecule has 1 aromatic carbocycles. The molecule has 1 aromatic rings. The van der Waals surface area contributed by atoms with Gasteiger partial charge in [0.1, 0.15) is 5.82 Å². The van der Waals surface area contributed by atoms with Gasteiger partial charge in [0.15, 0.2) is 6.29 Å². The second-order valence-corrected chi connectivity index (χ2v) is 10.8. The van der Waals surface area contributed by atoms with E-state index in [-0.39, 0.29) is 12.1 Å². The standard InChI is InChI=1S/C28H43FO2/c1-3-4-21-9-13-24(14-10-21)26-18-30-28(31-19-26)25-15-11-22(12-16-25)7-8-23-6-5-20(2)27(29)17-23/h5-6,17,21-22,24-26,28H,3-4,7-16,18-19H2,1-2H3.